The zero-order valence-electron chi connectivity index (χ0n) is 6.46. The Morgan fingerprint density at radius 2 is 2.08 bits per heavy atom. The third-order valence-corrected chi connectivity index (χ3v) is 1.72. The second kappa shape index (κ2) is 2.62. The molecule has 0 aliphatic carbocycles. The summed E-state index contributed by atoms with van der Waals surface area (Å²) in [6.45, 7) is 0. The molecule has 2 rings (SSSR count). The normalized spacial score (nSPS) is 10.6. The van der Waals surface area contributed by atoms with Gasteiger partial charge in [-0.2, -0.15) is 0 Å². The van der Waals surface area contributed by atoms with Crippen LogP contribution in [0.1, 0.15) is 0 Å². The van der Waals surface area contributed by atoms with Crippen LogP contribution < -0.4 is 5.73 Å². The van der Waals surface area contributed by atoms with Crippen LogP contribution in [0.4, 0.5) is 14.5 Å². The first-order valence-corrected chi connectivity index (χ1v) is 3.53. The van der Waals surface area contributed by atoms with E-state index in [9.17, 15) is 8.78 Å². The van der Waals surface area contributed by atoms with Crippen LogP contribution in [0.2, 0.25) is 0 Å². The summed E-state index contributed by atoms with van der Waals surface area (Å²) in [4.78, 5) is 7.26. The van der Waals surface area contributed by atoms with Gasteiger partial charge in [0.05, 0.1) is 0 Å². The highest BCUT2D eigenvalue weighted by atomic mass is 19.2. The fourth-order valence-electron chi connectivity index (χ4n) is 1.11. The van der Waals surface area contributed by atoms with Crippen molar-refractivity contribution in [3.05, 3.63) is 30.2 Å². The first-order valence-electron chi connectivity index (χ1n) is 3.53. The van der Waals surface area contributed by atoms with Crippen molar-refractivity contribution in [2.75, 3.05) is 5.73 Å². The Morgan fingerprint density at radius 3 is 2.85 bits per heavy atom. The summed E-state index contributed by atoms with van der Waals surface area (Å²) < 4.78 is 25.9. The Labute approximate surface area is 72.2 Å². The number of nitrogens with zero attached hydrogens (tertiary/aromatic N) is 2. The molecule has 1 aromatic heterocycles. The first-order chi connectivity index (χ1) is 6.20. The van der Waals surface area contributed by atoms with Crippen LogP contribution in [-0.4, -0.2) is 9.97 Å². The van der Waals surface area contributed by atoms with Gasteiger partial charge in [0.15, 0.2) is 11.6 Å². The van der Waals surface area contributed by atoms with E-state index in [1.807, 2.05) is 0 Å². The van der Waals surface area contributed by atoms with E-state index in [0.29, 0.717) is 5.39 Å². The van der Waals surface area contributed by atoms with E-state index in [2.05, 4.69) is 9.97 Å². The molecule has 0 fully saturated rings. The average molecular weight is 181 g/mol. The van der Waals surface area contributed by atoms with Gasteiger partial charge in [0.2, 0.25) is 0 Å². The van der Waals surface area contributed by atoms with E-state index in [1.165, 1.54) is 6.20 Å². The molecular formula is C8H5F2N3. The fraction of sp³-hybridized carbons (Fsp3) is 0. The van der Waals surface area contributed by atoms with Crippen LogP contribution in [0.5, 0.6) is 0 Å². The molecule has 0 unspecified atom stereocenters. The summed E-state index contributed by atoms with van der Waals surface area (Å²) in [6.07, 6.45) is 2.49. The summed E-state index contributed by atoms with van der Waals surface area (Å²) in [5, 5.41) is 0.321. The first kappa shape index (κ1) is 7.85. The van der Waals surface area contributed by atoms with E-state index >= 15 is 0 Å². The maximum atomic E-state index is 13.1. The largest absolute Gasteiger partial charge is 0.398 e. The Kier molecular flexibility index (Phi) is 1.58. The molecule has 0 spiro atoms. The minimum absolute atomic E-state index is 0.0903. The van der Waals surface area contributed by atoms with Crippen molar-refractivity contribution in [3.63, 3.8) is 0 Å². The fourth-order valence-corrected chi connectivity index (χ4v) is 1.11. The average Bonchev–Trinajstić information content (AvgIpc) is 2.15. The zero-order chi connectivity index (χ0) is 9.42. The van der Waals surface area contributed by atoms with Crippen molar-refractivity contribution in [3.8, 4) is 0 Å². The van der Waals surface area contributed by atoms with E-state index in [1.54, 1.807) is 0 Å². The quantitative estimate of drug-likeness (QED) is 0.626. The highest BCUT2D eigenvalue weighted by Crippen LogP contribution is 2.22. The summed E-state index contributed by atoms with van der Waals surface area (Å²) in [5.41, 5.74) is 5.48. The molecule has 0 aliphatic heterocycles. The van der Waals surface area contributed by atoms with Gasteiger partial charge in [-0.15, -0.1) is 0 Å². The number of hydrogen-bond donors (Lipinski definition) is 1. The Morgan fingerprint density at radius 1 is 1.31 bits per heavy atom. The molecule has 0 radical (unpaired) electrons. The Balaban J connectivity index is 2.97. The lowest BCUT2D eigenvalue weighted by Gasteiger charge is -2.01. The van der Waals surface area contributed by atoms with Crippen molar-refractivity contribution in [2.24, 2.45) is 0 Å². The lowest BCUT2D eigenvalue weighted by molar-refractivity contribution is 0.515. The molecule has 0 aliphatic rings. The molecule has 1 heterocycles. The van der Waals surface area contributed by atoms with Gasteiger partial charge in [-0.05, 0) is 0 Å². The second-order valence-corrected chi connectivity index (χ2v) is 2.55. The van der Waals surface area contributed by atoms with Crippen molar-refractivity contribution >= 4 is 16.6 Å². The van der Waals surface area contributed by atoms with E-state index < -0.39 is 11.6 Å². The van der Waals surface area contributed by atoms with Crippen LogP contribution >= 0.6 is 0 Å². The van der Waals surface area contributed by atoms with Gasteiger partial charge in [-0.1, -0.05) is 0 Å². The Hall–Kier alpha value is -1.78. The SMILES string of the molecule is Nc1cc(F)c(F)c2ncncc12. The van der Waals surface area contributed by atoms with Crippen molar-refractivity contribution in [2.45, 2.75) is 0 Å². The maximum Gasteiger partial charge on any atom is 0.185 e. The van der Waals surface area contributed by atoms with Gasteiger partial charge in [0.25, 0.3) is 0 Å². The van der Waals surface area contributed by atoms with E-state index in [-0.39, 0.29) is 11.2 Å². The van der Waals surface area contributed by atoms with Gasteiger partial charge >= 0.3 is 0 Å². The van der Waals surface area contributed by atoms with Gasteiger partial charge in [0.1, 0.15) is 11.8 Å². The molecule has 5 heteroatoms. The van der Waals surface area contributed by atoms with Gasteiger partial charge in [0, 0.05) is 23.3 Å². The summed E-state index contributed by atoms with van der Waals surface area (Å²) >= 11 is 0. The van der Waals surface area contributed by atoms with E-state index in [0.717, 1.165) is 12.4 Å². The number of hydrogen-bond acceptors (Lipinski definition) is 3. The predicted octanol–water partition coefficient (Wildman–Crippen LogP) is 1.49. The Bertz CT molecular complexity index is 470. The molecule has 1 aromatic carbocycles. The minimum Gasteiger partial charge on any atom is -0.398 e. The van der Waals surface area contributed by atoms with Gasteiger partial charge < -0.3 is 5.73 Å². The second-order valence-electron chi connectivity index (χ2n) is 2.55. The molecule has 3 nitrogen and oxygen atoms in total. The van der Waals surface area contributed by atoms with Crippen LogP contribution in [-0.2, 0) is 0 Å². The summed E-state index contributed by atoms with van der Waals surface area (Å²) in [7, 11) is 0. The number of nitrogen functional groups attached to an aromatic ring is 1. The van der Waals surface area contributed by atoms with Crippen LogP contribution in [0.3, 0.4) is 0 Å². The summed E-state index contributed by atoms with van der Waals surface area (Å²) in [6, 6.07) is 0.918. The smallest absolute Gasteiger partial charge is 0.185 e. The molecule has 66 valence electrons. The van der Waals surface area contributed by atoms with Crippen LogP contribution in [0.25, 0.3) is 10.9 Å². The lowest BCUT2D eigenvalue weighted by Crippen LogP contribution is -1.95. The standard InChI is InChI=1S/C8H5F2N3/c9-5-1-6(11)4-2-12-3-13-8(4)7(5)10/h1-3H,11H2. The number of anilines is 1. The van der Waals surface area contributed by atoms with Crippen LogP contribution in [0, 0.1) is 11.6 Å². The molecule has 0 amide bonds. The number of nitrogens with two attached hydrogens (primary N) is 1. The third-order valence-electron chi connectivity index (χ3n) is 1.72. The monoisotopic (exact) mass is 181 g/mol. The lowest BCUT2D eigenvalue weighted by atomic mass is 10.2. The maximum absolute atomic E-state index is 13.1. The third kappa shape index (κ3) is 1.09. The number of rotatable bonds is 0. The molecule has 2 N–H and O–H groups in total. The molecular weight excluding hydrogens is 176 g/mol. The molecule has 0 atom stereocenters. The zero-order valence-corrected chi connectivity index (χ0v) is 6.46. The number of fused-ring (bicyclic) bond motifs is 1. The van der Waals surface area contributed by atoms with Crippen molar-refractivity contribution in [1.29, 1.82) is 0 Å². The molecule has 0 bridgehead atoms. The van der Waals surface area contributed by atoms with Crippen LogP contribution in [0.15, 0.2) is 18.6 Å². The molecule has 2 aromatic rings. The molecule has 0 saturated carbocycles. The van der Waals surface area contributed by atoms with Gasteiger partial charge in [-0.25, -0.2) is 18.7 Å². The van der Waals surface area contributed by atoms with Crippen molar-refractivity contribution in [1.82, 2.24) is 9.97 Å². The molecule has 0 saturated heterocycles. The predicted molar refractivity (Wildman–Crippen MR) is 43.9 cm³/mol. The minimum atomic E-state index is -0.997. The summed E-state index contributed by atoms with van der Waals surface area (Å²) in [5.74, 6) is -1.99. The topological polar surface area (TPSA) is 51.8 Å². The van der Waals surface area contributed by atoms with Gasteiger partial charge in [-0.3, -0.25) is 0 Å². The highest BCUT2D eigenvalue weighted by molar-refractivity contribution is 5.89. The number of aromatic nitrogens is 2. The number of benzene rings is 1. The molecule has 13 heavy (non-hydrogen) atoms. The highest BCUT2D eigenvalue weighted by Gasteiger charge is 2.10. The van der Waals surface area contributed by atoms with Crippen molar-refractivity contribution < 1.29 is 8.78 Å². The van der Waals surface area contributed by atoms with E-state index in [4.69, 9.17) is 5.73 Å². The number of halogens is 2.